The molecule has 5 heteroatoms. The fraction of sp³-hybridized carbons (Fsp3) is 0.636. The molecule has 0 unspecified atom stereocenters. The molecule has 0 saturated carbocycles. The maximum Gasteiger partial charge on any atom is 1.00 e. The van der Waals surface area contributed by atoms with E-state index in [1.165, 1.54) is 69.5 Å². The van der Waals surface area contributed by atoms with Crippen LogP contribution >= 0.6 is 11.8 Å². The van der Waals surface area contributed by atoms with Gasteiger partial charge in [-0.15, -0.1) is 11.8 Å². The van der Waals surface area contributed by atoms with E-state index >= 15 is 0 Å². The Hall–Kier alpha value is -0.290. The van der Waals surface area contributed by atoms with Crippen molar-refractivity contribution in [2.45, 2.75) is 89.4 Å². The Morgan fingerprint density at radius 2 is 1.48 bits per heavy atom. The van der Waals surface area contributed by atoms with Gasteiger partial charge in [0.2, 0.25) is 0 Å². The number of unbranched alkanes of at least 4 members (excludes halogenated alkanes) is 9. The third-order valence-electron chi connectivity index (χ3n) is 4.62. The average Bonchev–Trinajstić information content (AvgIpc) is 2.61. The number of carbonyl (C=O) groups is 2. The van der Waals surface area contributed by atoms with Gasteiger partial charge in [-0.3, -0.25) is 4.79 Å². The van der Waals surface area contributed by atoms with E-state index in [0.29, 0.717) is 0 Å². The van der Waals surface area contributed by atoms with Gasteiger partial charge in [-0.2, -0.15) is 0 Å². The van der Waals surface area contributed by atoms with Crippen LogP contribution in [0.3, 0.4) is 0 Å². The van der Waals surface area contributed by atoms with Crippen molar-refractivity contribution >= 4 is 23.5 Å². The van der Waals surface area contributed by atoms with Crippen molar-refractivity contribution in [3.8, 4) is 0 Å². The second-order valence-electron chi connectivity index (χ2n) is 6.97. The van der Waals surface area contributed by atoms with Crippen molar-refractivity contribution in [3.05, 3.63) is 29.3 Å². The van der Waals surface area contributed by atoms with E-state index in [4.69, 9.17) is 0 Å². The monoisotopic (exact) mass is 400 g/mol. The van der Waals surface area contributed by atoms with Crippen LogP contribution in [0.2, 0.25) is 0 Å². The number of carbonyl (C=O) groups excluding carboxylic acids is 2. The Bertz CT molecular complexity index is 560. The predicted octanol–water partition coefficient (Wildman–Crippen LogP) is 2.20. The van der Waals surface area contributed by atoms with Crippen LogP contribution < -0.4 is 34.7 Å². The number of rotatable bonds is 15. The number of carboxylic acids is 1. The van der Waals surface area contributed by atoms with Crippen LogP contribution in [0.25, 0.3) is 0 Å². The smallest absolute Gasteiger partial charge is 0.549 e. The van der Waals surface area contributed by atoms with Crippen LogP contribution in [-0.4, -0.2) is 17.5 Å². The van der Waals surface area contributed by atoms with Crippen LogP contribution in [0.15, 0.2) is 23.1 Å². The van der Waals surface area contributed by atoms with Gasteiger partial charge in [0.1, 0.15) is 0 Å². The van der Waals surface area contributed by atoms with E-state index in [0.717, 1.165) is 28.9 Å². The number of hydrogen-bond donors (Lipinski definition) is 0. The zero-order valence-corrected chi connectivity index (χ0v) is 20.2. The molecule has 0 atom stereocenters. The summed E-state index contributed by atoms with van der Waals surface area (Å²) in [7, 11) is 0. The first kappa shape index (κ1) is 26.7. The van der Waals surface area contributed by atoms with Crippen LogP contribution in [-0.2, 0) is 11.2 Å². The van der Waals surface area contributed by atoms with Crippen molar-refractivity contribution < 1.29 is 44.3 Å². The van der Waals surface area contributed by atoms with E-state index < -0.39 is 5.97 Å². The first-order chi connectivity index (χ1) is 12.5. The standard InChI is InChI=1S/C22H34O3S.Na/c1-3-4-5-6-7-8-9-10-11-12-13-19-14-15-20(26-17-22(24)25)16-21(19)18(2)23;/h14-16H,3-13,17H2,1-2H3,(H,24,25);/q;+1/p-1. The molecule has 1 rings (SSSR count). The van der Waals surface area contributed by atoms with Gasteiger partial charge in [0.25, 0.3) is 0 Å². The molecule has 0 heterocycles. The molecule has 0 fully saturated rings. The van der Waals surface area contributed by atoms with Gasteiger partial charge in [0, 0.05) is 16.2 Å². The molecule has 1 aromatic carbocycles. The molecule has 0 spiro atoms. The normalized spacial score (nSPS) is 10.4. The van der Waals surface area contributed by atoms with Gasteiger partial charge < -0.3 is 9.90 Å². The summed E-state index contributed by atoms with van der Waals surface area (Å²) < 4.78 is 0. The summed E-state index contributed by atoms with van der Waals surface area (Å²) in [5.74, 6) is -1.13. The van der Waals surface area contributed by atoms with E-state index in [2.05, 4.69) is 6.92 Å². The molecule has 0 bridgehead atoms. The molecule has 3 nitrogen and oxygen atoms in total. The SMILES string of the molecule is CCCCCCCCCCCCc1ccc(SCC(=O)[O-])cc1C(C)=O.[Na+]. The topological polar surface area (TPSA) is 57.2 Å². The van der Waals surface area contributed by atoms with Crippen LogP contribution in [0.5, 0.6) is 0 Å². The molecule has 0 aliphatic rings. The zero-order chi connectivity index (χ0) is 19.2. The molecule has 0 N–H and O–H groups in total. The molecule has 0 aromatic heterocycles. The summed E-state index contributed by atoms with van der Waals surface area (Å²) in [5, 5.41) is 10.6. The van der Waals surface area contributed by atoms with Gasteiger partial charge in [-0.05, 0) is 37.5 Å². The predicted molar refractivity (Wildman–Crippen MR) is 108 cm³/mol. The van der Waals surface area contributed by atoms with Crippen LogP contribution in [0.4, 0.5) is 0 Å². The summed E-state index contributed by atoms with van der Waals surface area (Å²) >= 11 is 1.20. The fourth-order valence-corrected chi connectivity index (χ4v) is 3.79. The number of ketones is 1. The minimum atomic E-state index is -1.09. The van der Waals surface area contributed by atoms with E-state index in [9.17, 15) is 14.7 Å². The number of thioether (sulfide) groups is 1. The maximum atomic E-state index is 11.9. The molecule has 0 amide bonds. The maximum absolute atomic E-state index is 11.9. The van der Waals surface area contributed by atoms with E-state index in [-0.39, 0.29) is 41.1 Å². The molecule has 146 valence electrons. The zero-order valence-electron chi connectivity index (χ0n) is 17.4. The fourth-order valence-electron chi connectivity index (χ4n) is 3.14. The van der Waals surface area contributed by atoms with Gasteiger partial charge in [-0.1, -0.05) is 70.8 Å². The molecule has 1 aromatic rings. The summed E-state index contributed by atoms with van der Waals surface area (Å²) in [4.78, 5) is 23.3. The molecule has 0 radical (unpaired) electrons. The first-order valence-corrected chi connectivity index (χ1v) is 11.0. The van der Waals surface area contributed by atoms with Gasteiger partial charge in [0.15, 0.2) is 5.78 Å². The number of Topliss-reactive ketones (excluding diaryl/α,β-unsaturated/α-hetero) is 1. The second-order valence-corrected chi connectivity index (χ2v) is 8.02. The Morgan fingerprint density at radius 3 is 2.00 bits per heavy atom. The second kappa shape index (κ2) is 16.6. The number of carboxylic acid groups (broad SMARTS) is 1. The van der Waals surface area contributed by atoms with Crippen LogP contribution in [0.1, 0.15) is 94.0 Å². The minimum Gasteiger partial charge on any atom is -0.549 e. The van der Waals surface area contributed by atoms with Crippen molar-refractivity contribution in [2.75, 3.05) is 5.75 Å². The molecule has 27 heavy (non-hydrogen) atoms. The quantitative estimate of drug-likeness (QED) is 0.196. The van der Waals surface area contributed by atoms with Crippen molar-refractivity contribution in [1.29, 1.82) is 0 Å². The summed E-state index contributed by atoms with van der Waals surface area (Å²) in [5.41, 5.74) is 1.80. The largest absolute Gasteiger partial charge is 1.00 e. The molecular formula is C22H33NaO3S. The summed E-state index contributed by atoms with van der Waals surface area (Å²) in [6.45, 7) is 3.82. The Kier molecular flexibility index (Phi) is 16.5. The third kappa shape index (κ3) is 12.7. The molecule has 0 saturated heterocycles. The Balaban J connectivity index is 0.00000676. The van der Waals surface area contributed by atoms with E-state index in [1.807, 2.05) is 18.2 Å². The van der Waals surface area contributed by atoms with Crippen molar-refractivity contribution in [1.82, 2.24) is 0 Å². The van der Waals surface area contributed by atoms with E-state index in [1.54, 1.807) is 6.92 Å². The Labute approximate surface area is 191 Å². The number of benzene rings is 1. The number of hydrogen-bond acceptors (Lipinski definition) is 4. The number of aryl methyl sites for hydroxylation is 1. The van der Waals surface area contributed by atoms with Crippen molar-refractivity contribution in [2.24, 2.45) is 0 Å². The van der Waals surface area contributed by atoms with Gasteiger partial charge in [-0.25, -0.2) is 0 Å². The molecular weight excluding hydrogens is 367 g/mol. The van der Waals surface area contributed by atoms with Crippen molar-refractivity contribution in [3.63, 3.8) is 0 Å². The minimum absolute atomic E-state index is 0. The molecule has 0 aliphatic carbocycles. The Morgan fingerprint density at radius 1 is 0.926 bits per heavy atom. The summed E-state index contributed by atoms with van der Waals surface area (Å²) in [6.07, 6.45) is 13.9. The van der Waals surface area contributed by atoms with Gasteiger partial charge in [0.05, 0.1) is 5.97 Å². The molecule has 0 aliphatic heterocycles. The third-order valence-corrected chi connectivity index (χ3v) is 5.58. The van der Waals surface area contributed by atoms with Crippen LogP contribution in [0, 0.1) is 0 Å². The summed E-state index contributed by atoms with van der Waals surface area (Å²) in [6, 6.07) is 5.70. The first-order valence-electron chi connectivity index (χ1n) is 10.0. The number of aliphatic carboxylic acids is 1. The average molecular weight is 401 g/mol. The van der Waals surface area contributed by atoms with Gasteiger partial charge >= 0.3 is 29.6 Å².